The van der Waals surface area contributed by atoms with Gasteiger partial charge < -0.3 is 19.5 Å². The number of hydrogen-bond acceptors (Lipinski definition) is 5. The Labute approximate surface area is 195 Å². The van der Waals surface area contributed by atoms with Gasteiger partial charge in [-0.15, -0.1) is 0 Å². The van der Waals surface area contributed by atoms with Crippen LogP contribution in [0, 0.1) is 11.6 Å². The van der Waals surface area contributed by atoms with Gasteiger partial charge in [0.2, 0.25) is 5.82 Å². The van der Waals surface area contributed by atoms with Gasteiger partial charge in [-0.05, 0) is 73.9 Å². The van der Waals surface area contributed by atoms with E-state index in [-0.39, 0.29) is 23.6 Å². The first-order valence-electron chi connectivity index (χ1n) is 10.8. The molecule has 0 radical (unpaired) electrons. The fraction of sp³-hybridized carbons (Fsp3) is 0.292. The minimum atomic E-state index is -0.476. The summed E-state index contributed by atoms with van der Waals surface area (Å²) in [6.45, 7) is 3.27. The Hall–Kier alpha value is -3.17. The number of thiocarbonyl (C=S) groups is 1. The highest BCUT2D eigenvalue weighted by Gasteiger charge is 2.35. The van der Waals surface area contributed by atoms with Gasteiger partial charge in [0, 0.05) is 17.9 Å². The van der Waals surface area contributed by atoms with Crippen molar-refractivity contribution in [3.05, 3.63) is 77.3 Å². The van der Waals surface area contributed by atoms with E-state index in [1.54, 1.807) is 18.2 Å². The summed E-state index contributed by atoms with van der Waals surface area (Å²) in [5, 5.41) is 7.94. The van der Waals surface area contributed by atoms with Crippen LogP contribution in [0.25, 0.3) is 17.0 Å². The van der Waals surface area contributed by atoms with Crippen molar-refractivity contribution in [2.45, 2.75) is 31.9 Å². The molecule has 0 bridgehead atoms. The average Bonchev–Trinajstić information content (AvgIpc) is 3.49. The molecular formula is C24H22F2N4O2S. The summed E-state index contributed by atoms with van der Waals surface area (Å²) < 4.78 is 38.9. The van der Waals surface area contributed by atoms with E-state index < -0.39 is 6.04 Å². The van der Waals surface area contributed by atoms with Crippen LogP contribution >= 0.6 is 12.2 Å². The highest BCUT2D eigenvalue weighted by molar-refractivity contribution is 7.80. The molecule has 0 spiro atoms. The second-order valence-electron chi connectivity index (χ2n) is 8.11. The first kappa shape index (κ1) is 21.7. The summed E-state index contributed by atoms with van der Waals surface area (Å²) in [6, 6.07) is 11.7. The number of benzene rings is 2. The smallest absolute Gasteiger partial charge is 0.258 e. The fourth-order valence-electron chi connectivity index (χ4n) is 4.26. The largest absolute Gasteiger partial charge is 0.376 e. The lowest BCUT2D eigenvalue weighted by molar-refractivity contribution is 0.0962. The van der Waals surface area contributed by atoms with Gasteiger partial charge in [-0.3, -0.25) is 0 Å². The second kappa shape index (κ2) is 8.99. The normalized spacial score (nSPS) is 20.9. The quantitative estimate of drug-likeness (QED) is 0.537. The molecule has 0 amide bonds. The predicted molar refractivity (Wildman–Crippen MR) is 123 cm³/mol. The Kier molecular flexibility index (Phi) is 5.90. The van der Waals surface area contributed by atoms with Gasteiger partial charge >= 0.3 is 0 Å². The summed E-state index contributed by atoms with van der Waals surface area (Å²) in [6.07, 6.45) is 2.05. The van der Waals surface area contributed by atoms with E-state index in [1.807, 2.05) is 17.9 Å². The lowest BCUT2D eigenvalue weighted by Crippen LogP contribution is -2.48. The van der Waals surface area contributed by atoms with Crippen molar-refractivity contribution in [1.29, 1.82) is 0 Å². The minimum Gasteiger partial charge on any atom is -0.376 e. The molecule has 5 rings (SSSR count). The third kappa shape index (κ3) is 4.38. The molecule has 33 heavy (non-hydrogen) atoms. The van der Waals surface area contributed by atoms with Gasteiger partial charge in [0.05, 0.1) is 24.3 Å². The molecule has 0 saturated carbocycles. The zero-order chi connectivity index (χ0) is 22.9. The number of ether oxygens (including phenoxy) is 1. The molecule has 6 nitrogen and oxygen atoms in total. The van der Waals surface area contributed by atoms with E-state index in [0.29, 0.717) is 34.2 Å². The van der Waals surface area contributed by atoms with Crippen LogP contribution in [0.5, 0.6) is 0 Å². The van der Waals surface area contributed by atoms with Gasteiger partial charge in [-0.1, -0.05) is 17.3 Å². The van der Waals surface area contributed by atoms with Gasteiger partial charge in [-0.25, -0.2) is 8.78 Å². The van der Waals surface area contributed by atoms with Crippen LogP contribution < -0.4 is 5.32 Å². The molecule has 9 heteroatoms. The van der Waals surface area contributed by atoms with E-state index in [1.165, 1.54) is 24.3 Å². The molecule has 1 N–H and O–H groups in total. The monoisotopic (exact) mass is 468 g/mol. The highest BCUT2D eigenvalue weighted by Crippen LogP contribution is 2.38. The molecule has 2 aliphatic heterocycles. The minimum absolute atomic E-state index is 0.0733. The predicted octanol–water partition coefficient (Wildman–Crippen LogP) is 4.86. The molecule has 1 fully saturated rings. The van der Waals surface area contributed by atoms with E-state index >= 15 is 0 Å². The van der Waals surface area contributed by atoms with E-state index in [4.69, 9.17) is 21.5 Å². The van der Waals surface area contributed by atoms with Gasteiger partial charge in [0.25, 0.3) is 5.89 Å². The summed E-state index contributed by atoms with van der Waals surface area (Å²) in [4.78, 5) is 6.55. The number of nitrogens with zero attached hydrogens (tertiary/aromatic N) is 3. The standard InChI is InChI=1S/C24H22F2N4O2S/c1-14-20(23-28-22(29-32-23)15-7-9-17(25)10-8-15)21(16-4-2-5-18(26)12-16)27-24(33)30(14)13-19-6-3-11-31-19/h2,4-5,7-10,12,19,21H,3,6,11,13H2,1H3,(H,27,33). The molecule has 3 aromatic rings. The van der Waals surface area contributed by atoms with Crippen LogP contribution in [0.4, 0.5) is 8.78 Å². The van der Waals surface area contributed by atoms with Crippen molar-refractivity contribution < 1.29 is 18.0 Å². The molecular weight excluding hydrogens is 446 g/mol. The van der Waals surface area contributed by atoms with Crippen molar-refractivity contribution in [3.8, 4) is 11.4 Å². The summed E-state index contributed by atoms with van der Waals surface area (Å²) in [5.74, 6) is -0.0750. The van der Waals surface area contributed by atoms with Gasteiger partial charge in [0.1, 0.15) is 11.6 Å². The van der Waals surface area contributed by atoms with E-state index in [0.717, 1.165) is 25.1 Å². The molecule has 0 aliphatic carbocycles. The molecule has 3 heterocycles. The molecule has 1 saturated heterocycles. The van der Waals surface area contributed by atoms with Gasteiger partial charge in [-0.2, -0.15) is 4.98 Å². The van der Waals surface area contributed by atoms with Crippen LogP contribution in [-0.4, -0.2) is 39.4 Å². The van der Waals surface area contributed by atoms with Crippen molar-refractivity contribution in [3.63, 3.8) is 0 Å². The SMILES string of the molecule is CC1=C(c2nc(-c3ccc(F)cc3)no2)C(c2cccc(F)c2)NC(=S)N1CC1CCCO1. The zero-order valence-corrected chi connectivity index (χ0v) is 18.7. The molecule has 170 valence electrons. The van der Waals surface area contributed by atoms with Crippen LogP contribution in [0.1, 0.15) is 37.3 Å². The molecule has 1 aromatic heterocycles. The average molecular weight is 469 g/mol. The number of allylic oxidation sites excluding steroid dienone is 1. The molecule has 2 atom stereocenters. The van der Waals surface area contributed by atoms with Crippen LogP contribution in [0.15, 0.2) is 58.8 Å². The third-order valence-electron chi connectivity index (χ3n) is 5.95. The Balaban J connectivity index is 1.57. The summed E-state index contributed by atoms with van der Waals surface area (Å²) in [7, 11) is 0. The first-order valence-corrected chi connectivity index (χ1v) is 11.2. The van der Waals surface area contributed by atoms with Gasteiger partial charge in [0.15, 0.2) is 5.11 Å². The van der Waals surface area contributed by atoms with Crippen molar-refractivity contribution in [2.75, 3.05) is 13.2 Å². The van der Waals surface area contributed by atoms with Crippen molar-refractivity contribution in [2.24, 2.45) is 0 Å². The Morgan fingerprint density at radius 3 is 2.70 bits per heavy atom. The lowest BCUT2D eigenvalue weighted by Gasteiger charge is -2.38. The zero-order valence-electron chi connectivity index (χ0n) is 17.9. The van der Waals surface area contributed by atoms with Crippen LogP contribution in [-0.2, 0) is 4.74 Å². The van der Waals surface area contributed by atoms with Crippen LogP contribution in [0.3, 0.4) is 0 Å². The maximum Gasteiger partial charge on any atom is 0.258 e. The number of halogens is 2. The number of aromatic nitrogens is 2. The van der Waals surface area contributed by atoms with E-state index in [2.05, 4.69) is 15.5 Å². The Morgan fingerprint density at radius 1 is 1.15 bits per heavy atom. The third-order valence-corrected chi connectivity index (χ3v) is 6.29. The highest BCUT2D eigenvalue weighted by atomic mass is 32.1. The molecule has 2 aliphatic rings. The van der Waals surface area contributed by atoms with Crippen molar-refractivity contribution in [1.82, 2.24) is 20.4 Å². The molecule has 2 aromatic carbocycles. The summed E-state index contributed by atoms with van der Waals surface area (Å²) >= 11 is 5.67. The van der Waals surface area contributed by atoms with Crippen molar-refractivity contribution >= 4 is 22.9 Å². The Bertz CT molecular complexity index is 1210. The maximum atomic E-state index is 14.1. The fourth-order valence-corrected chi connectivity index (χ4v) is 4.58. The van der Waals surface area contributed by atoms with E-state index in [9.17, 15) is 8.78 Å². The summed E-state index contributed by atoms with van der Waals surface area (Å²) in [5.41, 5.74) is 2.85. The Morgan fingerprint density at radius 2 is 1.97 bits per heavy atom. The number of rotatable bonds is 5. The topological polar surface area (TPSA) is 63.4 Å². The first-order chi connectivity index (χ1) is 16.0. The second-order valence-corrected chi connectivity index (χ2v) is 8.50. The number of nitrogens with one attached hydrogen (secondary N) is 1. The lowest BCUT2D eigenvalue weighted by atomic mass is 9.94. The van der Waals surface area contributed by atoms with Crippen LogP contribution in [0.2, 0.25) is 0 Å². The number of hydrogen-bond donors (Lipinski definition) is 1. The maximum absolute atomic E-state index is 14.1. The molecule has 2 unspecified atom stereocenters.